The molecule has 1 aliphatic carbocycles. The van der Waals surface area contributed by atoms with Crippen LogP contribution >= 0.6 is 0 Å². The summed E-state index contributed by atoms with van der Waals surface area (Å²) in [7, 11) is 0. The number of aliphatic hydroxyl groups is 1. The molecule has 0 aromatic rings. The van der Waals surface area contributed by atoms with E-state index in [0.717, 1.165) is 32.1 Å². The molecule has 3 nitrogen and oxygen atoms in total. The third kappa shape index (κ3) is 6.25. The van der Waals surface area contributed by atoms with Crippen molar-refractivity contribution in [3.05, 3.63) is 0 Å². The fraction of sp³-hybridized carbons (Fsp3) is 1.00. The maximum absolute atomic E-state index is 9.16. The zero-order valence-electron chi connectivity index (χ0n) is 14.8. The second-order valence-corrected chi connectivity index (χ2v) is 7.36. The summed E-state index contributed by atoms with van der Waals surface area (Å²) in [5.41, 5.74) is 0.389. The predicted octanol–water partition coefficient (Wildman–Crippen LogP) is 3.28. The summed E-state index contributed by atoms with van der Waals surface area (Å²) in [5, 5.41) is 12.9. The fourth-order valence-corrected chi connectivity index (χ4v) is 3.25. The Balaban J connectivity index is 2.58. The summed E-state index contributed by atoms with van der Waals surface area (Å²) in [4.78, 5) is 2.67. The standard InChI is InChI=1S/C18H38N2O/c1-5-18(6-2,14-19-13-16(3)4)15-20(11-8-12-21)17-9-7-10-17/h16-17,19,21H,5-15H2,1-4H3. The van der Waals surface area contributed by atoms with Crippen molar-refractivity contribution in [1.29, 1.82) is 0 Å². The van der Waals surface area contributed by atoms with Gasteiger partial charge in [0.2, 0.25) is 0 Å². The largest absolute Gasteiger partial charge is 0.396 e. The van der Waals surface area contributed by atoms with Crippen molar-refractivity contribution in [3.63, 3.8) is 0 Å². The zero-order chi connectivity index (χ0) is 15.7. The van der Waals surface area contributed by atoms with Crippen molar-refractivity contribution >= 4 is 0 Å². The molecular weight excluding hydrogens is 260 g/mol. The third-order valence-electron chi connectivity index (χ3n) is 5.29. The van der Waals surface area contributed by atoms with Crippen molar-refractivity contribution < 1.29 is 5.11 Å². The van der Waals surface area contributed by atoms with Crippen LogP contribution in [0.3, 0.4) is 0 Å². The molecule has 1 saturated carbocycles. The van der Waals surface area contributed by atoms with Gasteiger partial charge in [0.1, 0.15) is 0 Å². The molecule has 0 spiro atoms. The second-order valence-electron chi connectivity index (χ2n) is 7.36. The van der Waals surface area contributed by atoms with Gasteiger partial charge >= 0.3 is 0 Å². The van der Waals surface area contributed by atoms with Gasteiger partial charge in [0.25, 0.3) is 0 Å². The van der Waals surface area contributed by atoms with E-state index in [1.165, 1.54) is 38.6 Å². The lowest BCUT2D eigenvalue weighted by Crippen LogP contribution is -2.50. The minimum Gasteiger partial charge on any atom is -0.396 e. The van der Waals surface area contributed by atoms with Crippen LogP contribution in [-0.4, -0.2) is 48.8 Å². The van der Waals surface area contributed by atoms with E-state index in [0.29, 0.717) is 17.9 Å². The van der Waals surface area contributed by atoms with E-state index in [4.69, 9.17) is 5.11 Å². The van der Waals surface area contributed by atoms with Crippen LogP contribution in [-0.2, 0) is 0 Å². The number of rotatable bonds is 12. The smallest absolute Gasteiger partial charge is 0.0443 e. The lowest BCUT2D eigenvalue weighted by Gasteiger charge is -2.44. The van der Waals surface area contributed by atoms with Gasteiger partial charge in [0, 0.05) is 32.3 Å². The van der Waals surface area contributed by atoms with Gasteiger partial charge in [-0.25, -0.2) is 0 Å². The number of nitrogens with zero attached hydrogens (tertiary/aromatic N) is 1. The Labute approximate surface area is 132 Å². The van der Waals surface area contributed by atoms with E-state index < -0.39 is 0 Å². The van der Waals surface area contributed by atoms with Gasteiger partial charge in [-0.2, -0.15) is 0 Å². The molecule has 0 bridgehead atoms. The summed E-state index contributed by atoms with van der Waals surface area (Å²) in [6.45, 7) is 14.0. The highest BCUT2D eigenvalue weighted by Gasteiger charge is 2.33. The van der Waals surface area contributed by atoms with Crippen LogP contribution in [0.15, 0.2) is 0 Å². The maximum atomic E-state index is 9.16. The number of hydrogen-bond acceptors (Lipinski definition) is 3. The summed E-state index contributed by atoms with van der Waals surface area (Å²) < 4.78 is 0. The van der Waals surface area contributed by atoms with Crippen LogP contribution in [0.5, 0.6) is 0 Å². The minimum absolute atomic E-state index is 0.320. The van der Waals surface area contributed by atoms with Crippen LogP contribution < -0.4 is 5.32 Å². The minimum atomic E-state index is 0.320. The highest BCUT2D eigenvalue weighted by Crippen LogP contribution is 2.32. The Morgan fingerprint density at radius 3 is 2.33 bits per heavy atom. The van der Waals surface area contributed by atoms with E-state index in [9.17, 15) is 0 Å². The molecule has 0 saturated heterocycles. The first-order valence-corrected chi connectivity index (χ1v) is 9.12. The van der Waals surface area contributed by atoms with Gasteiger partial charge < -0.3 is 10.4 Å². The van der Waals surface area contributed by atoms with E-state index in [2.05, 4.69) is 37.9 Å². The monoisotopic (exact) mass is 298 g/mol. The molecule has 1 aliphatic rings. The topological polar surface area (TPSA) is 35.5 Å². The van der Waals surface area contributed by atoms with Crippen LogP contribution in [0, 0.1) is 11.3 Å². The van der Waals surface area contributed by atoms with Crippen LogP contribution in [0.2, 0.25) is 0 Å². The number of hydrogen-bond donors (Lipinski definition) is 2. The quantitative estimate of drug-likeness (QED) is 0.580. The molecule has 3 heteroatoms. The molecule has 0 radical (unpaired) electrons. The molecule has 0 unspecified atom stereocenters. The molecule has 1 fully saturated rings. The Bertz CT molecular complexity index is 260. The molecule has 21 heavy (non-hydrogen) atoms. The van der Waals surface area contributed by atoms with Gasteiger partial charge in [-0.1, -0.05) is 34.1 Å². The van der Waals surface area contributed by atoms with E-state index in [-0.39, 0.29) is 0 Å². The van der Waals surface area contributed by atoms with Crippen LogP contribution in [0.4, 0.5) is 0 Å². The van der Waals surface area contributed by atoms with Crippen LogP contribution in [0.1, 0.15) is 66.2 Å². The van der Waals surface area contributed by atoms with Gasteiger partial charge in [-0.15, -0.1) is 0 Å². The third-order valence-corrected chi connectivity index (χ3v) is 5.29. The summed E-state index contributed by atoms with van der Waals surface area (Å²) in [6, 6.07) is 0.777. The van der Waals surface area contributed by atoms with Crippen molar-refractivity contribution in [1.82, 2.24) is 10.2 Å². The first-order valence-electron chi connectivity index (χ1n) is 9.12. The molecule has 1 rings (SSSR count). The molecule has 0 aliphatic heterocycles. The van der Waals surface area contributed by atoms with E-state index in [1.54, 1.807) is 0 Å². The first-order chi connectivity index (χ1) is 10.1. The summed E-state index contributed by atoms with van der Waals surface area (Å²) in [6.07, 6.45) is 7.48. The first kappa shape index (κ1) is 18.9. The van der Waals surface area contributed by atoms with Gasteiger partial charge in [0.15, 0.2) is 0 Å². The molecule has 2 N–H and O–H groups in total. The SMILES string of the molecule is CCC(CC)(CNCC(C)C)CN(CCCO)C1CCC1. The van der Waals surface area contributed by atoms with Crippen molar-refractivity contribution in [2.45, 2.75) is 72.3 Å². The predicted molar refractivity (Wildman–Crippen MR) is 91.6 cm³/mol. The van der Waals surface area contributed by atoms with Gasteiger partial charge in [-0.3, -0.25) is 4.90 Å². The van der Waals surface area contributed by atoms with Gasteiger partial charge in [-0.05, 0) is 50.0 Å². The normalized spacial score (nSPS) is 16.7. The lowest BCUT2D eigenvalue weighted by atomic mass is 9.79. The molecular formula is C18H38N2O. The molecule has 0 atom stereocenters. The van der Waals surface area contributed by atoms with Crippen molar-refractivity contribution in [2.24, 2.45) is 11.3 Å². The zero-order valence-corrected chi connectivity index (χ0v) is 14.8. The lowest BCUT2D eigenvalue weighted by molar-refractivity contribution is 0.0566. The molecule has 0 aromatic heterocycles. The average molecular weight is 299 g/mol. The Morgan fingerprint density at radius 1 is 1.24 bits per heavy atom. The number of nitrogens with one attached hydrogen (secondary N) is 1. The van der Waals surface area contributed by atoms with Crippen molar-refractivity contribution in [2.75, 3.05) is 32.8 Å². The Kier molecular flexibility index (Phi) is 8.84. The maximum Gasteiger partial charge on any atom is 0.0443 e. The van der Waals surface area contributed by atoms with E-state index in [1.807, 2.05) is 0 Å². The fourth-order valence-electron chi connectivity index (χ4n) is 3.25. The van der Waals surface area contributed by atoms with Crippen molar-refractivity contribution in [3.8, 4) is 0 Å². The molecule has 0 aromatic carbocycles. The average Bonchev–Trinajstić information content (AvgIpc) is 2.41. The van der Waals surface area contributed by atoms with Crippen LogP contribution in [0.25, 0.3) is 0 Å². The number of aliphatic hydroxyl groups excluding tert-OH is 1. The molecule has 126 valence electrons. The Hall–Kier alpha value is -0.120. The van der Waals surface area contributed by atoms with E-state index >= 15 is 0 Å². The van der Waals surface area contributed by atoms with Gasteiger partial charge in [0.05, 0.1) is 0 Å². The molecule has 0 heterocycles. The highest BCUT2D eigenvalue weighted by molar-refractivity contribution is 4.88. The summed E-state index contributed by atoms with van der Waals surface area (Å²) in [5.74, 6) is 0.716. The Morgan fingerprint density at radius 2 is 1.90 bits per heavy atom. The second kappa shape index (κ2) is 9.81. The molecule has 0 amide bonds. The summed E-state index contributed by atoms with van der Waals surface area (Å²) >= 11 is 0. The highest BCUT2D eigenvalue weighted by atomic mass is 16.3.